The molecule has 0 heterocycles. The topological polar surface area (TPSA) is 66.4 Å². The number of aliphatic carboxylic acids is 1. The molecule has 0 fully saturated rings. The summed E-state index contributed by atoms with van der Waals surface area (Å²) in [4.78, 5) is 22.1. The quantitative estimate of drug-likeness (QED) is 0.640. The van der Waals surface area contributed by atoms with E-state index in [1.807, 2.05) is 0 Å². The molecule has 2 N–H and O–H groups in total. The van der Waals surface area contributed by atoms with E-state index in [2.05, 4.69) is 17.2 Å². The van der Waals surface area contributed by atoms with Crippen LogP contribution in [0.5, 0.6) is 0 Å². The number of halogens is 1. The van der Waals surface area contributed by atoms with Crippen LogP contribution >= 0.6 is 11.6 Å². The largest absolute Gasteiger partial charge is 0.480 e. The first kappa shape index (κ1) is 14.1. The maximum absolute atomic E-state index is 11.7. The van der Waals surface area contributed by atoms with Crippen LogP contribution in [0.15, 0.2) is 24.3 Å². The van der Waals surface area contributed by atoms with E-state index in [1.54, 1.807) is 24.3 Å². The third kappa shape index (κ3) is 4.48. The first-order chi connectivity index (χ1) is 8.65. The van der Waals surface area contributed by atoms with Gasteiger partial charge in [0.25, 0.3) is 5.91 Å². The lowest BCUT2D eigenvalue weighted by atomic mass is 10.1. The van der Waals surface area contributed by atoms with E-state index in [0.29, 0.717) is 23.4 Å². The Balaban J connectivity index is 2.85. The number of alkyl halides is 1. The summed E-state index contributed by atoms with van der Waals surface area (Å²) in [6, 6.07) is 6.76. The highest BCUT2D eigenvalue weighted by atomic mass is 35.5. The van der Waals surface area contributed by atoms with E-state index in [-0.39, 0.29) is 0 Å². The number of benzene rings is 1. The maximum atomic E-state index is 11.7. The number of carbonyl (C=O) groups excluding carboxylic acids is 1. The van der Waals surface area contributed by atoms with Crippen LogP contribution in [-0.2, 0) is 4.79 Å². The summed E-state index contributed by atoms with van der Waals surface area (Å²) in [5, 5.41) is 10.8. The van der Waals surface area contributed by atoms with Crippen molar-refractivity contribution >= 4 is 23.5 Å². The molecule has 0 aliphatic heterocycles. The molecule has 0 aliphatic carbocycles. The summed E-state index contributed by atoms with van der Waals surface area (Å²) in [6.07, 6.45) is 0.534. The van der Waals surface area contributed by atoms with Gasteiger partial charge in [0.05, 0.1) is 5.56 Å². The van der Waals surface area contributed by atoms with Crippen LogP contribution in [0.1, 0.15) is 22.3 Å². The standard InChI is InChI=1S/C13H12ClNO3/c14-8-4-3-6-10-5-1-2-7-11(10)13(18)15-9-12(16)17/h1-2,5,7H,4,8-9H2,(H,15,18)(H,16,17). The fourth-order valence-electron chi connectivity index (χ4n) is 1.25. The molecule has 0 radical (unpaired) electrons. The molecule has 1 aromatic carbocycles. The van der Waals surface area contributed by atoms with Gasteiger partial charge in [-0.2, -0.15) is 0 Å². The van der Waals surface area contributed by atoms with Crippen molar-refractivity contribution in [2.45, 2.75) is 6.42 Å². The van der Waals surface area contributed by atoms with Crippen molar-refractivity contribution in [1.82, 2.24) is 5.32 Å². The predicted molar refractivity (Wildman–Crippen MR) is 68.6 cm³/mol. The van der Waals surface area contributed by atoms with E-state index in [1.165, 1.54) is 0 Å². The smallest absolute Gasteiger partial charge is 0.322 e. The van der Waals surface area contributed by atoms with Gasteiger partial charge in [0.1, 0.15) is 6.54 Å². The highest BCUT2D eigenvalue weighted by Gasteiger charge is 2.10. The van der Waals surface area contributed by atoms with Gasteiger partial charge in [-0.25, -0.2) is 0 Å². The fourth-order valence-corrected chi connectivity index (χ4v) is 1.34. The van der Waals surface area contributed by atoms with Crippen molar-refractivity contribution in [2.24, 2.45) is 0 Å². The minimum atomic E-state index is -1.09. The Morgan fingerprint density at radius 3 is 2.72 bits per heavy atom. The third-order valence-electron chi connectivity index (χ3n) is 2.01. The molecule has 5 heteroatoms. The molecule has 1 amide bonds. The molecule has 0 atom stereocenters. The van der Waals surface area contributed by atoms with Crippen LogP contribution in [0.25, 0.3) is 0 Å². The fraction of sp³-hybridized carbons (Fsp3) is 0.231. The van der Waals surface area contributed by atoms with Gasteiger partial charge in [0, 0.05) is 17.9 Å². The van der Waals surface area contributed by atoms with Crippen molar-refractivity contribution in [3.63, 3.8) is 0 Å². The lowest BCUT2D eigenvalue weighted by molar-refractivity contribution is -0.135. The predicted octanol–water partition coefficient (Wildman–Crippen LogP) is 1.48. The first-order valence-electron chi connectivity index (χ1n) is 5.29. The van der Waals surface area contributed by atoms with E-state index in [4.69, 9.17) is 16.7 Å². The molecule has 0 unspecified atom stereocenters. The second-order valence-corrected chi connectivity index (χ2v) is 3.74. The van der Waals surface area contributed by atoms with E-state index in [0.717, 1.165) is 0 Å². The van der Waals surface area contributed by atoms with Crippen molar-refractivity contribution in [2.75, 3.05) is 12.4 Å². The summed E-state index contributed by atoms with van der Waals surface area (Å²) in [7, 11) is 0. The first-order valence-corrected chi connectivity index (χ1v) is 5.82. The van der Waals surface area contributed by atoms with Gasteiger partial charge in [0.2, 0.25) is 0 Å². The number of carboxylic acid groups (broad SMARTS) is 1. The molecule has 94 valence electrons. The number of hydrogen-bond acceptors (Lipinski definition) is 2. The Morgan fingerprint density at radius 2 is 2.06 bits per heavy atom. The summed E-state index contributed by atoms with van der Waals surface area (Å²) < 4.78 is 0. The van der Waals surface area contributed by atoms with E-state index in [9.17, 15) is 9.59 Å². The molecule has 1 aromatic rings. The van der Waals surface area contributed by atoms with Crippen LogP contribution < -0.4 is 5.32 Å². The molecule has 0 aliphatic rings. The Morgan fingerprint density at radius 1 is 1.33 bits per heavy atom. The zero-order chi connectivity index (χ0) is 13.4. The van der Waals surface area contributed by atoms with Gasteiger partial charge in [0.15, 0.2) is 0 Å². The Hall–Kier alpha value is -1.99. The molecule has 0 bridgehead atoms. The van der Waals surface area contributed by atoms with Crippen LogP contribution in [0.4, 0.5) is 0 Å². The molecule has 0 saturated carbocycles. The highest BCUT2D eigenvalue weighted by molar-refractivity contribution is 6.18. The Labute approximate surface area is 110 Å². The van der Waals surface area contributed by atoms with Gasteiger partial charge in [-0.05, 0) is 12.1 Å². The molecule has 0 aromatic heterocycles. The molecule has 1 rings (SSSR count). The third-order valence-corrected chi connectivity index (χ3v) is 2.20. The van der Waals surface area contributed by atoms with E-state index >= 15 is 0 Å². The second kappa shape index (κ2) is 7.36. The second-order valence-electron chi connectivity index (χ2n) is 3.36. The average molecular weight is 266 g/mol. The van der Waals surface area contributed by atoms with Crippen molar-refractivity contribution in [1.29, 1.82) is 0 Å². The average Bonchev–Trinajstić information content (AvgIpc) is 2.37. The molecule has 18 heavy (non-hydrogen) atoms. The van der Waals surface area contributed by atoms with Gasteiger partial charge in [-0.1, -0.05) is 24.0 Å². The van der Waals surface area contributed by atoms with E-state index < -0.39 is 18.4 Å². The number of carbonyl (C=O) groups is 2. The maximum Gasteiger partial charge on any atom is 0.322 e. The number of hydrogen-bond donors (Lipinski definition) is 2. The summed E-state index contributed by atoms with van der Waals surface area (Å²) in [6.45, 7) is -0.414. The monoisotopic (exact) mass is 265 g/mol. The van der Waals surface area contributed by atoms with Crippen LogP contribution in [-0.4, -0.2) is 29.4 Å². The Kier molecular flexibility index (Phi) is 5.75. The number of rotatable bonds is 4. The SMILES string of the molecule is O=C(O)CNC(=O)c1ccccc1C#CCCCl. The molecule has 0 spiro atoms. The minimum absolute atomic E-state index is 0.362. The van der Waals surface area contributed by atoms with Crippen molar-refractivity contribution < 1.29 is 14.7 Å². The molecular formula is C13H12ClNO3. The van der Waals surface area contributed by atoms with Crippen LogP contribution in [0, 0.1) is 11.8 Å². The number of carboxylic acids is 1. The zero-order valence-electron chi connectivity index (χ0n) is 9.57. The lowest BCUT2D eigenvalue weighted by Crippen LogP contribution is -2.29. The Bertz CT molecular complexity index is 502. The molecule has 4 nitrogen and oxygen atoms in total. The van der Waals surface area contributed by atoms with Crippen molar-refractivity contribution in [3.05, 3.63) is 35.4 Å². The van der Waals surface area contributed by atoms with Gasteiger partial charge < -0.3 is 10.4 Å². The number of nitrogens with one attached hydrogen (secondary N) is 1. The number of amides is 1. The van der Waals surface area contributed by atoms with Gasteiger partial charge in [-0.15, -0.1) is 11.6 Å². The van der Waals surface area contributed by atoms with Crippen LogP contribution in [0.3, 0.4) is 0 Å². The summed E-state index contributed by atoms with van der Waals surface area (Å²) in [5.74, 6) is 4.56. The normalized spacial score (nSPS) is 9.17. The summed E-state index contributed by atoms with van der Waals surface area (Å²) in [5.41, 5.74) is 0.923. The van der Waals surface area contributed by atoms with Gasteiger partial charge >= 0.3 is 5.97 Å². The molecular weight excluding hydrogens is 254 g/mol. The lowest BCUT2D eigenvalue weighted by Gasteiger charge is -2.04. The van der Waals surface area contributed by atoms with Crippen molar-refractivity contribution in [3.8, 4) is 11.8 Å². The van der Waals surface area contributed by atoms with Gasteiger partial charge in [-0.3, -0.25) is 9.59 Å². The molecule has 0 saturated heterocycles. The van der Waals surface area contributed by atoms with Crippen LogP contribution in [0.2, 0.25) is 0 Å². The minimum Gasteiger partial charge on any atom is -0.480 e. The summed E-state index contributed by atoms with van der Waals surface area (Å²) >= 11 is 5.51. The highest BCUT2D eigenvalue weighted by Crippen LogP contribution is 2.07. The zero-order valence-corrected chi connectivity index (χ0v) is 10.3.